The highest BCUT2D eigenvalue weighted by Crippen LogP contribution is 2.47. The third kappa shape index (κ3) is 10.6. The Bertz CT molecular complexity index is 1800. The Morgan fingerprint density at radius 1 is 0.717 bits per heavy atom. The molecule has 332 valence electrons. The van der Waals surface area contributed by atoms with Crippen molar-refractivity contribution in [3.8, 4) is 0 Å². The van der Waals surface area contributed by atoms with Crippen LogP contribution in [0.1, 0.15) is 88.1 Å². The van der Waals surface area contributed by atoms with Crippen molar-refractivity contribution in [2.75, 3.05) is 13.2 Å². The third-order valence-electron chi connectivity index (χ3n) is 13.4. The van der Waals surface area contributed by atoms with E-state index in [9.17, 15) is 5.11 Å². The molecule has 0 spiro atoms. The molecule has 0 saturated carbocycles. The second-order valence-corrected chi connectivity index (χ2v) is 35.3. The van der Waals surface area contributed by atoms with Crippen molar-refractivity contribution in [1.82, 2.24) is 4.90 Å². The van der Waals surface area contributed by atoms with Gasteiger partial charge in [-0.05, 0) is 71.1 Å². The minimum absolute atomic E-state index is 0.0271. The van der Waals surface area contributed by atoms with Gasteiger partial charge in [0.25, 0.3) is 8.32 Å². The van der Waals surface area contributed by atoms with Crippen molar-refractivity contribution < 1.29 is 37.4 Å². The number of rotatable bonds is 15. The Morgan fingerprint density at radius 3 is 1.68 bits per heavy atom. The van der Waals surface area contributed by atoms with Crippen LogP contribution < -0.4 is 10.4 Å². The number of benzene rings is 3. The van der Waals surface area contributed by atoms with Gasteiger partial charge in [0.15, 0.2) is 22.4 Å². The maximum atomic E-state index is 15.0. The van der Waals surface area contributed by atoms with Gasteiger partial charge in [0, 0.05) is 6.42 Å². The first kappa shape index (κ1) is 48.4. The minimum atomic E-state index is -3.07. The number of hydrogen-bond donors (Lipinski definition) is 1. The maximum Gasteiger partial charge on any atom is 0.410 e. The van der Waals surface area contributed by atoms with E-state index in [0.29, 0.717) is 0 Å². The van der Waals surface area contributed by atoms with E-state index in [-0.39, 0.29) is 41.4 Å². The fourth-order valence-electron chi connectivity index (χ4n) is 8.18. The molecule has 0 aliphatic carbocycles. The lowest BCUT2D eigenvalue weighted by Crippen LogP contribution is -2.67. The quantitative estimate of drug-likeness (QED) is 0.151. The van der Waals surface area contributed by atoms with Gasteiger partial charge in [-0.3, -0.25) is 4.90 Å². The van der Waals surface area contributed by atoms with Crippen LogP contribution in [0.2, 0.25) is 41.3 Å². The molecule has 2 saturated heterocycles. The summed E-state index contributed by atoms with van der Waals surface area (Å²) in [6, 6.07) is 29.5. The highest BCUT2D eigenvalue weighted by atomic mass is 28.4. The van der Waals surface area contributed by atoms with Gasteiger partial charge in [0.05, 0.1) is 37.5 Å². The normalized spacial score (nSPS) is 22.4. The van der Waals surface area contributed by atoms with Gasteiger partial charge in [-0.2, -0.15) is 0 Å². The van der Waals surface area contributed by atoms with E-state index < -0.39 is 73.3 Å². The van der Waals surface area contributed by atoms with Crippen LogP contribution in [-0.4, -0.2) is 96.6 Å². The zero-order chi connectivity index (χ0) is 44.5. The summed E-state index contributed by atoms with van der Waals surface area (Å²) >= 11 is 0. The number of carbonyl (C=O) groups excluding carboxylic acids is 1. The number of ether oxygens (including phenoxy) is 3. The summed E-state index contributed by atoms with van der Waals surface area (Å²) in [6.07, 6.45) is -2.95. The van der Waals surface area contributed by atoms with E-state index in [1.807, 2.05) is 56.3 Å². The van der Waals surface area contributed by atoms with Crippen molar-refractivity contribution >= 4 is 41.4 Å². The molecule has 2 heterocycles. The molecular formula is C48H75NO8Si3. The van der Waals surface area contributed by atoms with Crippen LogP contribution in [0.3, 0.4) is 0 Å². The molecule has 9 nitrogen and oxygen atoms in total. The number of hydrogen-bond acceptors (Lipinski definition) is 8. The van der Waals surface area contributed by atoms with Gasteiger partial charge in [-0.1, -0.05) is 153 Å². The van der Waals surface area contributed by atoms with Crippen LogP contribution in [0, 0.1) is 0 Å². The molecule has 3 aromatic carbocycles. The molecule has 0 unspecified atom stereocenters. The van der Waals surface area contributed by atoms with E-state index in [2.05, 4.69) is 137 Å². The summed E-state index contributed by atoms with van der Waals surface area (Å²) in [7, 11) is -7.79. The summed E-state index contributed by atoms with van der Waals surface area (Å²) in [5, 5.41) is 13.7. The third-order valence-corrected chi connectivity index (χ3v) is 27.5. The summed E-state index contributed by atoms with van der Waals surface area (Å²) in [4.78, 5) is 16.8. The highest BCUT2D eigenvalue weighted by Gasteiger charge is 2.63. The first-order valence-corrected chi connectivity index (χ1v) is 29.5. The lowest BCUT2D eigenvalue weighted by Gasteiger charge is -2.46. The maximum absolute atomic E-state index is 15.0. The fraction of sp³-hybridized carbons (Fsp3) is 0.604. The summed E-state index contributed by atoms with van der Waals surface area (Å²) in [6.45, 7) is 33.0. The van der Waals surface area contributed by atoms with Crippen molar-refractivity contribution in [3.05, 3.63) is 96.6 Å². The summed E-state index contributed by atoms with van der Waals surface area (Å²) in [5.74, 6) is -0.950. The standard InChI is InChI=1S/C48H75NO8Si3/c1-45(2,3)58(12,13)53-33-36(50)31-40(57-59(14,15)46(4,5)6)41-43-42(55-48(10,11)56-43)39(49(41)44(51)52-32-35-25-19-16-20-26-35)34-54-60(47(7,8)9,37-27-21-17-22-28-37)38-29-23-18-24-30-38/h16-30,36,39-43,50H,31-34H2,1-15H3/t36-,39-,40+,41-,42-,43+/m1/s1. The van der Waals surface area contributed by atoms with E-state index in [4.69, 9.17) is 27.5 Å². The molecule has 3 aromatic rings. The van der Waals surface area contributed by atoms with Crippen LogP contribution >= 0.6 is 0 Å². The average Bonchev–Trinajstić information content (AvgIpc) is 3.62. The Labute approximate surface area is 364 Å². The monoisotopic (exact) mass is 877 g/mol. The van der Waals surface area contributed by atoms with E-state index in [1.165, 1.54) is 0 Å². The predicted octanol–water partition coefficient (Wildman–Crippen LogP) is 9.64. The Hall–Kier alpha value is -2.66. The molecule has 6 atom stereocenters. The lowest BCUT2D eigenvalue weighted by molar-refractivity contribution is -0.173. The number of amides is 1. The van der Waals surface area contributed by atoms with Gasteiger partial charge in [0.1, 0.15) is 18.8 Å². The molecule has 0 bridgehead atoms. The number of aliphatic hydroxyl groups excluding tert-OH is 1. The SMILES string of the molecule is CC1(C)O[C@@H]2[C@H](O1)[C@@H](CO[Si](c1ccccc1)(c1ccccc1)C(C)(C)C)N(C(=O)OCc1ccccc1)[C@@H]2[C@H](C[C@@H](O)CO[Si](C)(C)C(C)(C)C)O[Si](C)(C)C(C)(C)C. The molecule has 1 amide bonds. The molecule has 60 heavy (non-hydrogen) atoms. The molecule has 2 aliphatic heterocycles. The minimum Gasteiger partial charge on any atom is -0.445 e. The molecule has 2 fully saturated rings. The molecule has 5 rings (SSSR count). The number of carbonyl (C=O) groups is 1. The van der Waals surface area contributed by atoms with Crippen molar-refractivity contribution in [1.29, 1.82) is 0 Å². The molecule has 0 aromatic heterocycles. The molecular weight excluding hydrogens is 803 g/mol. The molecule has 2 aliphatic rings. The lowest BCUT2D eigenvalue weighted by atomic mass is 9.99. The van der Waals surface area contributed by atoms with Crippen molar-refractivity contribution in [3.63, 3.8) is 0 Å². The van der Waals surface area contributed by atoms with E-state index >= 15 is 4.79 Å². The number of aliphatic hydroxyl groups is 1. The van der Waals surface area contributed by atoms with Crippen LogP contribution in [-0.2, 0) is 34.1 Å². The first-order valence-electron chi connectivity index (χ1n) is 21.8. The number of nitrogens with zero attached hydrogens (tertiary/aromatic N) is 1. The fourth-order valence-corrected chi connectivity index (χ4v) is 15.1. The first-order chi connectivity index (χ1) is 27.7. The highest BCUT2D eigenvalue weighted by molar-refractivity contribution is 6.99. The summed E-state index contributed by atoms with van der Waals surface area (Å²) < 4.78 is 41.5. The second kappa shape index (κ2) is 18.2. The zero-order valence-electron chi connectivity index (χ0n) is 39.2. The molecule has 0 radical (unpaired) electrons. The predicted molar refractivity (Wildman–Crippen MR) is 249 cm³/mol. The smallest absolute Gasteiger partial charge is 0.410 e. The topological polar surface area (TPSA) is 95.9 Å². The number of fused-ring (bicyclic) bond motifs is 1. The van der Waals surface area contributed by atoms with Crippen LogP contribution in [0.4, 0.5) is 4.79 Å². The Morgan fingerprint density at radius 2 is 1.20 bits per heavy atom. The Kier molecular flexibility index (Phi) is 14.7. The Balaban J connectivity index is 1.64. The van der Waals surface area contributed by atoms with Gasteiger partial charge in [0.2, 0.25) is 0 Å². The van der Waals surface area contributed by atoms with Gasteiger partial charge in [-0.15, -0.1) is 0 Å². The van der Waals surface area contributed by atoms with Gasteiger partial charge >= 0.3 is 6.09 Å². The van der Waals surface area contributed by atoms with Gasteiger partial charge < -0.3 is 32.6 Å². The van der Waals surface area contributed by atoms with Crippen molar-refractivity contribution in [2.45, 2.75) is 173 Å². The second-order valence-electron chi connectivity index (χ2n) is 21.4. The van der Waals surface area contributed by atoms with Gasteiger partial charge in [-0.25, -0.2) is 4.79 Å². The number of likely N-dealkylation sites (tertiary alicyclic amines) is 1. The van der Waals surface area contributed by atoms with Crippen LogP contribution in [0.25, 0.3) is 0 Å². The van der Waals surface area contributed by atoms with E-state index in [1.54, 1.807) is 4.90 Å². The van der Waals surface area contributed by atoms with Crippen molar-refractivity contribution in [2.24, 2.45) is 0 Å². The average molecular weight is 878 g/mol. The largest absolute Gasteiger partial charge is 0.445 e. The van der Waals surface area contributed by atoms with Crippen LogP contribution in [0.5, 0.6) is 0 Å². The summed E-state index contributed by atoms with van der Waals surface area (Å²) in [5.41, 5.74) is 0.878. The van der Waals surface area contributed by atoms with E-state index in [0.717, 1.165) is 15.9 Å². The van der Waals surface area contributed by atoms with Crippen LogP contribution in [0.15, 0.2) is 91.0 Å². The molecule has 1 N–H and O–H groups in total. The zero-order valence-corrected chi connectivity index (χ0v) is 42.2. The molecule has 12 heteroatoms.